The Balaban J connectivity index is 2.03. The molecule has 0 bridgehead atoms. The van der Waals surface area contributed by atoms with Crippen LogP contribution >= 0.6 is 24.0 Å². The zero-order valence-corrected chi connectivity index (χ0v) is 10.4. The van der Waals surface area contributed by atoms with Crippen LogP contribution in [0.1, 0.15) is 25.3 Å². The zero-order chi connectivity index (χ0) is 10.8. The van der Waals surface area contributed by atoms with Crippen LogP contribution in [-0.2, 0) is 11.3 Å². The molecule has 1 unspecified atom stereocenters. The fraction of sp³-hybridized carbons (Fsp3) is 0.545. The van der Waals surface area contributed by atoms with Gasteiger partial charge in [-0.1, -0.05) is 0 Å². The van der Waals surface area contributed by atoms with Gasteiger partial charge in [-0.05, 0) is 42.2 Å². The molecule has 1 atom stereocenters. The maximum absolute atomic E-state index is 11.9. The number of carbonyl (C=O) groups is 1. The fourth-order valence-corrected chi connectivity index (χ4v) is 2.40. The molecule has 2 nitrogen and oxygen atoms in total. The van der Waals surface area contributed by atoms with E-state index in [0.717, 1.165) is 19.4 Å². The van der Waals surface area contributed by atoms with Crippen molar-refractivity contribution in [2.75, 3.05) is 0 Å². The van der Waals surface area contributed by atoms with Crippen LogP contribution in [-0.4, -0.2) is 22.1 Å². The van der Waals surface area contributed by atoms with Gasteiger partial charge in [0, 0.05) is 12.6 Å². The number of nitrogens with zero attached hydrogens (tertiary/aromatic N) is 1. The maximum atomic E-state index is 11.9. The summed E-state index contributed by atoms with van der Waals surface area (Å²) >= 11 is 5.89. The molecule has 1 saturated carbocycles. The fourth-order valence-electron chi connectivity index (χ4n) is 1.59. The van der Waals surface area contributed by atoms with Gasteiger partial charge in [0.05, 0.1) is 5.25 Å². The molecule has 0 radical (unpaired) electrons. The summed E-state index contributed by atoms with van der Waals surface area (Å²) in [5, 5.41) is 3.96. The standard InChI is InChI=1S/C11H15NOS2/c1-8(14)11(13)12(10-2-3-10)6-9-4-5-15-7-9/h4-5,7-8,10,14H,2-3,6H2,1H3. The van der Waals surface area contributed by atoms with Gasteiger partial charge in [-0.3, -0.25) is 4.79 Å². The number of rotatable bonds is 4. The van der Waals surface area contributed by atoms with E-state index >= 15 is 0 Å². The second-order valence-electron chi connectivity index (χ2n) is 4.00. The lowest BCUT2D eigenvalue weighted by Gasteiger charge is -2.23. The van der Waals surface area contributed by atoms with Crippen molar-refractivity contribution in [3.63, 3.8) is 0 Å². The quantitative estimate of drug-likeness (QED) is 0.803. The molecule has 0 N–H and O–H groups in total. The number of thiol groups is 1. The third-order valence-electron chi connectivity index (χ3n) is 2.56. The minimum atomic E-state index is -0.191. The molecular formula is C11H15NOS2. The Hall–Kier alpha value is -0.480. The molecule has 82 valence electrons. The molecule has 0 spiro atoms. The lowest BCUT2D eigenvalue weighted by molar-refractivity contribution is -0.131. The summed E-state index contributed by atoms with van der Waals surface area (Å²) in [6.45, 7) is 2.59. The highest BCUT2D eigenvalue weighted by atomic mass is 32.1. The molecule has 0 saturated heterocycles. The van der Waals surface area contributed by atoms with Crippen LogP contribution in [0.3, 0.4) is 0 Å². The second-order valence-corrected chi connectivity index (χ2v) is 5.56. The van der Waals surface area contributed by atoms with E-state index in [4.69, 9.17) is 0 Å². The molecule has 2 rings (SSSR count). The van der Waals surface area contributed by atoms with Crippen molar-refractivity contribution in [1.29, 1.82) is 0 Å². The van der Waals surface area contributed by atoms with E-state index in [1.807, 2.05) is 11.8 Å². The van der Waals surface area contributed by atoms with Gasteiger partial charge in [-0.2, -0.15) is 24.0 Å². The van der Waals surface area contributed by atoms with Crippen molar-refractivity contribution in [3.05, 3.63) is 22.4 Å². The molecule has 1 aromatic heterocycles. The van der Waals surface area contributed by atoms with Gasteiger partial charge >= 0.3 is 0 Å². The minimum absolute atomic E-state index is 0.159. The van der Waals surface area contributed by atoms with E-state index in [1.54, 1.807) is 11.3 Å². The SMILES string of the molecule is CC(S)C(=O)N(Cc1ccsc1)C1CC1. The van der Waals surface area contributed by atoms with E-state index in [9.17, 15) is 4.79 Å². The Morgan fingerprint density at radius 2 is 2.47 bits per heavy atom. The van der Waals surface area contributed by atoms with E-state index in [1.165, 1.54) is 5.56 Å². The van der Waals surface area contributed by atoms with Crippen molar-refractivity contribution >= 4 is 29.9 Å². The molecule has 4 heteroatoms. The maximum Gasteiger partial charge on any atom is 0.235 e. The summed E-state index contributed by atoms with van der Waals surface area (Å²) in [7, 11) is 0. The molecule has 0 aliphatic heterocycles. The lowest BCUT2D eigenvalue weighted by atomic mass is 10.3. The number of amides is 1. The normalized spacial score (nSPS) is 17.5. The molecular weight excluding hydrogens is 226 g/mol. The van der Waals surface area contributed by atoms with Crippen molar-refractivity contribution < 1.29 is 4.79 Å². The Kier molecular flexibility index (Phi) is 3.36. The Morgan fingerprint density at radius 1 is 1.73 bits per heavy atom. The molecule has 15 heavy (non-hydrogen) atoms. The van der Waals surface area contributed by atoms with Crippen LogP contribution in [0.4, 0.5) is 0 Å². The van der Waals surface area contributed by atoms with Gasteiger partial charge in [0.2, 0.25) is 5.91 Å². The predicted octanol–water partition coefficient (Wildman–Crippen LogP) is 2.56. The highest BCUT2D eigenvalue weighted by molar-refractivity contribution is 7.81. The first kappa shape index (κ1) is 11.0. The largest absolute Gasteiger partial charge is 0.334 e. The monoisotopic (exact) mass is 241 g/mol. The van der Waals surface area contributed by atoms with Crippen LogP contribution in [0.15, 0.2) is 16.8 Å². The molecule has 1 amide bonds. The van der Waals surface area contributed by atoms with Crippen LogP contribution in [0, 0.1) is 0 Å². The molecule has 1 fully saturated rings. The first-order chi connectivity index (χ1) is 7.18. The van der Waals surface area contributed by atoms with E-state index in [-0.39, 0.29) is 11.2 Å². The van der Waals surface area contributed by atoms with Gasteiger partial charge in [-0.15, -0.1) is 0 Å². The van der Waals surface area contributed by atoms with E-state index < -0.39 is 0 Å². The van der Waals surface area contributed by atoms with Crippen LogP contribution in [0.25, 0.3) is 0 Å². The smallest absolute Gasteiger partial charge is 0.235 e. The number of thiophene rings is 1. The van der Waals surface area contributed by atoms with Crippen LogP contribution in [0.2, 0.25) is 0 Å². The van der Waals surface area contributed by atoms with Crippen molar-refractivity contribution in [2.45, 2.75) is 37.6 Å². The first-order valence-electron chi connectivity index (χ1n) is 5.18. The number of hydrogen-bond acceptors (Lipinski definition) is 3. The first-order valence-corrected chi connectivity index (χ1v) is 6.64. The molecule has 1 aromatic rings. The number of hydrogen-bond donors (Lipinski definition) is 1. The molecule has 0 aromatic carbocycles. The summed E-state index contributed by atoms with van der Waals surface area (Å²) in [6.07, 6.45) is 2.30. The highest BCUT2D eigenvalue weighted by Crippen LogP contribution is 2.29. The van der Waals surface area contributed by atoms with Crippen molar-refractivity contribution in [2.24, 2.45) is 0 Å². The van der Waals surface area contributed by atoms with Crippen LogP contribution < -0.4 is 0 Å². The Labute approximate surface area is 99.7 Å². The highest BCUT2D eigenvalue weighted by Gasteiger charge is 2.33. The summed E-state index contributed by atoms with van der Waals surface area (Å²) in [4.78, 5) is 13.9. The Bertz CT molecular complexity index is 330. The van der Waals surface area contributed by atoms with Crippen molar-refractivity contribution in [3.8, 4) is 0 Å². The number of carbonyl (C=O) groups excluding carboxylic acids is 1. The zero-order valence-electron chi connectivity index (χ0n) is 8.72. The molecule has 1 heterocycles. The van der Waals surface area contributed by atoms with Crippen molar-refractivity contribution in [1.82, 2.24) is 4.90 Å². The summed E-state index contributed by atoms with van der Waals surface area (Å²) in [5.41, 5.74) is 1.23. The Morgan fingerprint density at radius 3 is 2.93 bits per heavy atom. The van der Waals surface area contributed by atoms with Gasteiger partial charge < -0.3 is 4.90 Å². The van der Waals surface area contributed by atoms with Crippen LogP contribution in [0.5, 0.6) is 0 Å². The molecule has 1 aliphatic rings. The van der Waals surface area contributed by atoms with Gasteiger partial charge in [0.1, 0.15) is 0 Å². The van der Waals surface area contributed by atoms with Gasteiger partial charge in [0.25, 0.3) is 0 Å². The lowest BCUT2D eigenvalue weighted by Crippen LogP contribution is -2.36. The summed E-state index contributed by atoms with van der Waals surface area (Å²) < 4.78 is 0. The van der Waals surface area contributed by atoms with E-state index in [0.29, 0.717) is 6.04 Å². The summed E-state index contributed by atoms with van der Waals surface area (Å²) in [6, 6.07) is 2.54. The predicted molar refractivity (Wildman–Crippen MR) is 66.3 cm³/mol. The second kappa shape index (κ2) is 4.58. The summed E-state index contributed by atoms with van der Waals surface area (Å²) in [5.74, 6) is 0.159. The minimum Gasteiger partial charge on any atom is -0.334 e. The average Bonchev–Trinajstić information content (AvgIpc) is 2.92. The average molecular weight is 241 g/mol. The van der Waals surface area contributed by atoms with E-state index in [2.05, 4.69) is 29.5 Å². The van der Waals surface area contributed by atoms with Gasteiger partial charge in [0.15, 0.2) is 0 Å². The third kappa shape index (κ3) is 2.75. The molecule has 1 aliphatic carbocycles. The third-order valence-corrected chi connectivity index (χ3v) is 3.51. The van der Waals surface area contributed by atoms with Gasteiger partial charge in [-0.25, -0.2) is 0 Å². The topological polar surface area (TPSA) is 20.3 Å².